The summed E-state index contributed by atoms with van der Waals surface area (Å²) in [6.45, 7) is 1.18. The molecule has 1 aliphatic heterocycles. The fraction of sp³-hybridized carbons (Fsp3) is 0.318. The summed E-state index contributed by atoms with van der Waals surface area (Å²) in [5.41, 5.74) is 1.20. The zero-order chi connectivity index (χ0) is 20.8. The zero-order valence-corrected chi connectivity index (χ0v) is 16.5. The molecule has 7 nitrogen and oxygen atoms in total. The van der Waals surface area contributed by atoms with Crippen LogP contribution in [0.25, 0.3) is 0 Å². The average Bonchev–Trinajstić information content (AvgIpc) is 3.25. The molecule has 1 atom stereocenters. The molecule has 0 bridgehead atoms. The van der Waals surface area contributed by atoms with Gasteiger partial charge in [0.25, 0.3) is 5.89 Å². The SMILES string of the molecule is O=C(Nc1ccccc1F)N1CCCCC1c1noc(COCc2ccccc2)n1. The maximum Gasteiger partial charge on any atom is 0.322 e. The third-order valence-electron chi connectivity index (χ3n) is 5.00. The van der Waals surface area contributed by atoms with Gasteiger partial charge in [-0.3, -0.25) is 0 Å². The summed E-state index contributed by atoms with van der Waals surface area (Å²) < 4.78 is 24.9. The third-order valence-corrected chi connectivity index (χ3v) is 5.00. The number of hydrogen-bond donors (Lipinski definition) is 1. The number of anilines is 1. The number of urea groups is 1. The number of piperidine rings is 1. The third kappa shape index (κ3) is 4.83. The second-order valence-corrected chi connectivity index (χ2v) is 7.14. The van der Waals surface area contributed by atoms with Crippen molar-refractivity contribution >= 4 is 11.7 Å². The molecule has 0 radical (unpaired) electrons. The van der Waals surface area contributed by atoms with Crippen molar-refractivity contribution in [2.24, 2.45) is 0 Å². The van der Waals surface area contributed by atoms with Crippen LogP contribution in [0.2, 0.25) is 0 Å². The molecule has 4 rings (SSSR count). The van der Waals surface area contributed by atoms with Gasteiger partial charge in [-0.25, -0.2) is 9.18 Å². The molecule has 0 aliphatic carbocycles. The molecule has 1 N–H and O–H groups in total. The number of carbonyl (C=O) groups excluding carboxylic acids is 1. The molecule has 0 saturated carbocycles. The normalized spacial score (nSPS) is 16.4. The lowest BCUT2D eigenvalue weighted by Crippen LogP contribution is -2.41. The molecule has 8 heteroatoms. The summed E-state index contributed by atoms with van der Waals surface area (Å²) in [5.74, 6) is 0.328. The van der Waals surface area contributed by atoms with E-state index in [0.717, 1.165) is 18.4 Å². The van der Waals surface area contributed by atoms with Crippen LogP contribution in [0.15, 0.2) is 59.1 Å². The molecule has 3 aromatic rings. The Bertz CT molecular complexity index is 979. The Hall–Kier alpha value is -3.26. The molecule has 2 amide bonds. The number of rotatable bonds is 6. The van der Waals surface area contributed by atoms with Crippen LogP contribution in [-0.2, 0) is 18.0 Å². The van der Waals surface area contributed by atoms with Gasteiger partial charge in [0.15, 0.2) is 5.82 Å². The van der Waals surface area contributed by atoms with E-state index >= 15 is 0 Å². The van der Waals surface area contributed by atoms with Crippen molar-refractivity contribution in [1.29, 1.82) is 0 Å². The van der Waals surface area contributed by atoms with Crippen molar-refractivity contribution in [3.63, 3.8) is 0 Å². The average molecular weight is 410 g/mol. The second-order valence-electron chi connectivity index (χ2n) is 7.14. The molecular weight excluding hydrogens is 387 g/mol. The van der Waals surface area contributed by atoms with Gasteiger partial charge in [-0.15, -0.1) is 0 Å². The minimum absolute atomic E-state index is 0.148. The lowest BCUT2D eigenvalue weighted by Gasteiger charge is -2.33. The maximum absolute atomic E-state index is 13.9. The highest BCUT2D eigenvalue weighted by Crippen LogP contribution is 2.30. The maximum atomic E-state index is 13.9. The number of halogens is 1. The molecule has 1 saturated heterocycles. The number of nitrogens with zero attached hydrogens (tertiary/aromatic N) is 3. The van der Waals surface area contributed by atoms with Crippen molar-refractivity contribution < 1.29 is 18.4 Å². The second kappa shape index (κ2) is 9.49. The van der Waals surface area contributed by atoms with Gasteiger partial charge in [-0.1, -0.05) is 47.6 Å². The molecule has 1 aromatic heterocycles. The minimum Gasteiger partial charge on any atom is -0.367 e. The first-order valence-electron chi connectivity index (χ1n) is 9.97. The molecule has 0 spiro atoms. The highest BCUT2D eigenvalue weighted by molar-refractivity contribution is 5.89. The van der Waals surface area contributed by atoms with Gasteiger partial charge in [0.2, 0.25) is 0 Å². The Morgan fingerprint density at radius 3 is 2.77 bits per heavy atom. The van der Waals surface area contributed by atoms with E-state index in [-0.39, 0.29) is 24.4 Å². The summed E-state index contributed by atoms with van der Waals surface area (Å²) in [4.78, 5) is 18.8. The molecular formula is C22H23FN4O3. The number of amides is 2. The Balaban J connectivity index is 1.39. The fourth-order valence-electron chi connectivity index (χ4n) is 3.49. The first-order valence-corrected chi connectivity index (χ1v) is 9.97. The Labute approximate surface area is 173 Å². The summed E-state index contributed by atoms with van der Waals surface area (Å²) in [7, 11) is 0. The molecule has 1 unspecified atom stereocenters. The van der Waals surface area contributed by atoms with Crippen LogP contribution >= 0.6 is 0 Å². The van der Waals surface area contributed by atoms with Crippen LogP contribution in [0.4, 0.5) is 14.9 Å². The van der Waals surface area contributed by atoms with Gasteiger partial charge in [0.1, 0.15) is 12.4 Å². The van der Waals surface area contributed by atoms with E-state index < -0.39 is 5.82 Å². The van der Waals surface area contributed by atoms with Gasteiger partial charge < -0.3 is 19.5 Å². The van der Waals surface area contributed by atoms with E-state index in [1.54, 1.807) is 17.0 Å². The largest absolute Gasteiger partial charge is 0.367 e. The smallest absolute Gasteiger partial charge is 0.322 e. The van der Waals surface area contributed by atoms with Crippen LogP contribution in [0.3, 0.4) is 0 Å². The number of benzene rings is 2. The van der Waals surface area contributed by atoms with E-state index in [0.29, 0.717) is 31.3 Å². The van der Waals surface area contributed by atoms with Gasteiger partial charge >= 0.3 is 6.03 Å². The van der Waals surface area contributed by atoms with Crippen molar-refractivity contribution in [2.45, 2.75) is 38.5 Å². The van der Waals surface area contributed by atoms with Crippen LogP contribution in [0, 0.1) is 5.82 Å². The molecule has 30 heavy (non-hydrogen) atoms. The minimum atomic E-state index is -0.475. The molecule has 1 aliphatic rings. The highest BCUT2D eigenvalue weighted by atomic mass is 19.1. The summed E-state index contributed by atoms with van der Waals surface area (Å²) in [6.07, 6.45) is 2.53. The van der Waals surface area contributed by atoms with E-state index in [9.17, 15) is 9.18 Å². The number of hydrogen-bond acceptors (Lipinski definition) is 5. The Morgan fingerprint density at radius 2 is 1.93 bits per heavy atom. The van der Waals surface area contributed by atoms with Gasteiger partial charge in [0, 0.05) is 6.54 Å². The zero-order valence-electron chi connectivity index (χ0n) is 16.5. The fourth-order valence-corrected chi connectivity index (χ4v) is 3.49. The van der Waals surface area contributed by atoms with Crippen molar-refractivity contribution in [2.75, 3.05) is 11.9 Å². The topological polar surface area (TPSA) is 80.5 Å². The predicted octanol–water partition coefficient (Wildman–Crippen LogP) is 4.68. The lowest BCUT2D eigenvalue weighted by molar-refractivity contribution is 0.0850. The van der Waals surface area contributed by atoms with E-state index in [2.05, 4.69) is 15.5 Å². The highest BCUT2D eigenvalue weighted by Gasteiger charge is 2.32. The summed E-state index contributed by atoms with van der Waals surface area (Å²) in [5, 5.41) is 6.70. The molecule has 1 fully saturated rings. The van der Waals surface area contributed by atoms with Crippen LogP contribution in [-0.4, -0.2) is 27.6 Å². The van der Waals surface area contributed by atoms with E-state index in [1.807, 2.05) is 30.3 Å². The van der Waals surface area contributed by atoms with E-state index in [4.69, 9.17) is 9.26 Å². The number of nitrogens with one attached hydrogen (secondary N) is 1. The summed E-state index contributed by atoms with van der Waals surface area (Å²) >= 11 is 0. The van der Waals surface area contributed by atoms with Crippen molar-refractivity contribution in [3.05, 3.63) is 77.7 Å². The summed E-state index contributed by atoms with van der Waals surface area (Å²) in [6, 6.07) is 15.2. The number of carbonyl (C=O) groups is 1. The monoisotopic (exact) mass is 410 g/mol. The molecule has 156 valence electrons. The van der Waals surface area contributed by atoms with E-state index in [1.165, 1.54) is 12.1 Å². The van der Waals surface area contributed by atoms with Crippen LogP contribution in [0.5, 0.6) is 0 Å². The number of para-hydroxylation sites is 1. The lowest BCUT2D eigenvalue weighted by atomic mass is 10.0. The van der Waals surface area contributed by atoms with Crippen molar-refractivity contribution in [3.8, 4) is 0 Å². The Morgan fingerprint density at radius 1 is 1.13 bits per heavy atom. The van der Waals surface area contributed by atoms with Crippen LogP contribution < -0.4 is 5.32 Å². The molecule has 2 aromatic carbocycles. The van der Waals surface area contributed by atoms with Crippen molar-refractivity contribution in [1.82, 2.24) is 15.0 Å². The Kier molecular flexibility index (Phi) is 6.34. The standard InChI is InChI=1S/C22H23FN4O3/c23-17-10-4-5-11-18(17)24-22(28)27-13-7-6-12-19(27)21-25-20(30-26-21)15-29-14-16-8-2-1-3-9-16/h1-5,8-11,19H,6-7,12-15H2,(H,24,28). The first-order chi connectivity index (χ1) is 14.7. The number of aromatic nitrogens is 2. The molecule has 2 heterocycles. The quantitative estimate of drug-likeness (QED) is 0.638. The van der Waals surface area contributed by atoms with Gasteiger partial charge in [-0.05, 0) is 37.0 Å². The predicted molar refractivity (Wildman–Crippen MR) is 108 cm³/mol. The van der Waals surface area contributed by atoms with Gasteiger partial charge in [0.05, 0.1) is 18.3 Å². The number of likely N-dealkylation sites (tertiary alicyclic amines) is 1. The number of ether oxygens (including phenoxy) is 1. The van der Waals surface area contributed by atoms with Gasteiger partial charge in [-0.2, -0.15) is 4.98 Å². The first kappa shape index (κ1) is 20.0. The van der Waals surface area contributed by atoms with Crippen LogP contribution in [0.1, 0.15) is 42.6 Å².